The van der Waals surface area contributed by atoms with Gasteiger partial charge in [-0.3, -0.25) is 4.79 Å². The smallest absolute Gasteiger partial charge is 0.155 e. The Labute approximate surface area is 207 Å². The number of halogens is 2. The molecule has 0 aromatic rings. The van der Waals surface area contributed by atoms with Crippen LogP contribution >= 0.6 is 31.9 Å². The van der Waals surface area contributed by atoms with Gasteiger partial charge in [-0.1, -0.05) is 90.6 Å². The maximum atomic E-state index is 12.1. The standard InChI is InChI=1S/C28H42Br2O/c1-16(2)17(3)25(29)26(30)18(4)22-9-10-23-21-8-7-19-15-20(31)11-13-27(19,5)24(21)12-14-28(22,23)6/h8,15-18,22-26H,7,9-14H2,1-6H3. The Bertz CT molecular complexity index is 782. The van der Waals surface area contributed by atoms with E-state index in [2.05, 4.69) is 79.5 Å². The number of ketones is 1. The minimum atomic E-state index is 0.231. The first-order valence-electron chi connectivity index (χ1n) is 12.7. The van der Waals surface area contributed by atoms with Gasteiger partial charge in [0.1, 0.15) is 0 Å². The highest BCUT2D eigenvalue weighted by Gasteiger charge is 2.57. The topological polar surface area (TPSA) is 17.1 Å². The van der Waals surface area contributed by atoms with Gasteiger partial charge in [-0.25, -0.2) is 0 Å². The average molecular weight is 554 g/mol. The van der Waals surface area contributed by atoms with Crippen molar-refractivity contribution in [3.63, 3.8) is 0 Å². The van der Waals surface area contributed by atoms with Crippen LogP contribution in [0.2, 0.25) is 0 Å². The number of carbonyl (C=O) groups excluding carboxylic acids is 1. The van der Waals surface area contributed by atoms with Crippen molar-refractivity contribution >= 4 is 37.6 Å². The van der Waals surface area contributed by atoms with Crippen LogP contribution in [0, 0.1) is 46.3 Å². The first-order chi connectivity index (χ1) is 14.5. The van der Waals surface area contributed by atoms with Gasteiger partial charge in [0.15, 0.2) is 5.78 Å². The molecular formula is C28H42Br2O. The van der Waals surface area contributed by atoms with Gasteiger partial charge < -0.3 is 0 Å². The first-order valence-corrected chi connectivity index (χ1v) is 14.6. The summed E-state index contributed by atoms with van der Waals surface area (Å²) in [6.45, 7) is 14.7. The van der Waals surface area contributed by atoms with Crippen LogP contribution in [0.4, 0.5) is 0 Å². The highest BCUT2D eigenvalue weighted by Crippen LogP contribution is 2.66. The number of allylic oxidation sites excluding steroid dienone is 4. The third-order valence-electron chi connectivity index (χ3n) is 10.5. The fraction of sp³-hybridized carbons (Fsp3) is 0.821. The lowest BCUT2D eigenvalue weighted by Crippen LogP contribution is -2.47. The molecule has 0 aliphatic heterocycles. The lowest BCUT2D eigenvalue weighted by molar-refractivity contribution is -0.116. The van der Waals surface area contributed by atoms with E-state index in [9.17, 15) is 4.79 Å². The van der Waals surface area contributed by atoms with Crippen molar-refractivity contribution < 1.29 is 4.79 Å². The van der Waals surface area contributed by atoms with Crippen LogP contribution in [-0.4, -0.2) is 15.4 Å². The zero-order chi connectivity index (χ0) is 22.7. The van der Waals surface area contributed by atoms with Gasteiger partial charge in [-0.15, -0.1) is 0 Å². The van der Waals surface area contributed by atoms with Crippen LogP contribution in [0.15, 0.2) is 23.3 Å². The molecule has 2 saturated carbocycles. The molecule has 0 aromatic carbocycles. The van der Waals surface area contributed by atoms with Gasteiger partial charge >= 0.3 is 0 Å². The van der Waals surface area contributed by atoms with E-state index in [0.29, 0.717) is 44.5 Å². The summed E-state index contributed by atoms with van der Waals surface area (Å²) >= 11 is 8.23. The molecule has 4 rings (SSSR count). The Morgan fingerprint density at radius 2 is 1.68 bits per heavy atom. The highest BCUT2D eigenvalue weighted by atomic mass is 79.9. The fourth-order valence-electron chi connectivity index (χ4n) is 7.93. The summed E-state index contributed by atoms with van der Waals surface area (Å²) in [6.07, 6.45) is 12.8. The van der Waals surface area contributed by atoms with E-state index < -0.39 is 0 Å². The Hall–Kier alpha value is 0.110. The number of hydrogen-bond acceptors (Lipinski definition) is 1. The molecule has 0 spiro atoms. The summed E-state index contributed by atoms with van der Waals surface area (Å²) in [7, 11) is 0. The fourth-order valence-corrected chi connectivity index (χ4v) is 9.87. The number of carbonyl (C=O) groups is 1. The summed E-state index contributed by atoms with van der Waals surface area (Å²) in [4.78, 5) is 13.1. The Kier molecular flexibility index (Phi) is 6.81. The lowest BCUT2D eigenvalue weighted by atomic mass is 9.49. The molecular weight excluding hydrogens is 512 g/mol. The molecule has 9 atom stereocenters. The third kappa shape index (κ3) is 3.90. The van der Waals surface area contributed by atoms with E-state index in [4.69, 9.17) is 0 Å². The predicted molar refractivity (Wildman–Crippen MR) is 139 cm³/mol. The lowest BCUT2D eigenvalue weighted by Gasteiger charge is -2.55. The van der Waals surface area contributed by atoms with Crippen molar-refractivity contribution in [3.05, 3.63) is 23.3 Å². The molecule has 9 unspecified atom stereocenters. The van der Waals surface area contributed by atoms with Gasteiger partial charge in [0.2, 0.25) is 0 Å². The second-order valence-electron chi connectivity index (χ2n) is 12.1. The highest BCUT2D eigenvalue weighted by molar-refractivity contribution is 9.12. The van der Waals surface area contributed by atoms with Gasteiger partial charge in [0.25, 0.3) is 0 Å². The van der Waals surface area contributed by atoms with Crippen LogP contribution in [0.5, 0.6) is 0 Å². The van der Waals surface area contributed by atoms with Gasteiger partial charge in [0, 0.05) is 16.1 Å². The molecule has 31 heavy (non-hydrogen) atoms. The van der Waals surface area contributed by atoms with E-state index in [1.807, 2.05) is 6.08 Å². The normalized spacial score (nSPS) is 41.5. The molecule has 0 radical (unpaired) electrons. The molecule has 4 aliphatic rings. The number of alkyl halides is 2. The summed E-state index contributed by atoms with van der Waals surface area (Å²) in [5.74, 6) is 4.55. The summed E-state index contributed by atoms with van der Waals surface area (Å²) in [5.41, 5.74) is 3.85. The van der Waals surface area contributed by atoms with Crippen LogP contribution in [-0.2, 0) is 4.79 Å². The van der Waals surface area contributed by atoms with Crippen molar-refractivity contribution in [2.24, 2.45) is 46.3 Å². The molecule has 2 fully saturated rings. The molecule has 0 aromatic heterocycles. The zero-order valence-corrected chi connectivity index (χ0v) is 23.6. The molecule has 0 bridgehead atoms. The van der Waals surface area contributed by atoms with E-state index in [0.717, 1.165) is 31.1 Å². The van der Waals surface area contributed by atoms with Crippen molar-refractivity contribution in [1.82, 2.24) is 0 Å². The van der Waals surface area contributed by atoms with E-state index in [1.54, 1.807) is 5.57 Å². The molecule has 4 aliphatic carbocycles. The summed E-state index contributed by atoms with van der Waals surface area (Å²) < 4.78 is 0. The van der Waals surface area contributed by atoms with Crippen LogP contribution in [0.1, 0.15) is 86.5 Å². The number of hydrogen-bond donors (Lipinski definition) is 0. The molecule has 0 heterocycles. The molecule has 174 valence electrons. The zero-order valence-electron chi connectivity index (χ0n) is 20.4. The molecule has 0 amide bonds. The maximum absolute atomic E-state index is 12.1. The van der Waals surface area contributed by atoms with Gasteiger partial charge in [-0.2, -0.15) is 0 Å². The van der Waals surface area contributed by atoms with Crippen molar-refractivity contribution in [2.45, 2.75) is 96.1 Å². The second kappa shape index (κ2) is 8.71. The minimum Gasteiger partial charge on any atom is -0.295 e. The number of rotatable bonds is 5. The Balaban J connectivity index is 1.57. The Morgan fingerprint density at radius 1 is 0.968 bits per heavy atom. The average Bonchev–Trinajstić information content (AvgIpc) is 3.09. The summed E-state index contributed by atoms with van der Waals surface area (Å²) in [6, 6.07) is 0. The van der Waals surface area contributed by atoms with Crippen molar-refractivity contribution in [1.29, 1.82) is 0 Å². The molecule has 0 saturated heterocycles. The maximum Gasteiger partial charge on any atom is 0.155 e. The monoisotopic (exact) mass is 552 g/mol. The van der Waals surface area contributed by atoms with E-state index in [-0.39, 0.29) is 5.41 Å². The largest absolute Gasteiger partial charge is 0.295 e. The molecule has 0 N–H and O–H groups in total. The van der Waals surface area contributed by atoms with Gasteiger partial charge in [-0.05, 0) is 90.9 Å². The van der Waals surface area contributed by atoms with Crippen LogP contribution in [0.3, 0.4) is 0 Å². The van der Waals surface area contributed by atoms with Gasteiger partial charge in [0.05, 0.1) is 0 Å². The SMILES string of the molecule is CC(C)C(C)C(Br)C(Br)C(C)C1CCC2C3=CCC4=CC(=O)CCC4(C)C3CCC21C. The van der Waals surface area contributed by atoms with Crippen LogP contribution in [0.25, 0.3) is 0 Å². The third-order valence-corrected chi connectivity index (χ3v) is 14.0. The second-order valence-corrected chi connectivity index (χ2v) is 14.3. The Morgan fingerprint density at radius 3 is 2.35 bits per heavy atom. The predicted octanol–water partition coefficient (Wildman–Crippen LogP) is 8.51. The van der Waals surface area contributed by atoms with Crippen molar-refractivity contribution in [2.75, 3.05) is 0 Å². The van der Waals surface area contributed by atoms with Crippen LogP contribution < -0.4 is 0 Å². The van der Waals surface area contributed by atoms with Crippen molar-refractivity contribution in [3.8, 4) is 0 Å². The number of fused-ring (bicyclic) bond motifs is 5. The first kappa shape index (κ1) is 24.2. The quantitative estimate of drug-likeness (QED) is 0.246. The van der Waals surface area contributed by atoms with E-state index in [1.165, 1.54) is 31.3 Å². The molecule has 1 nitrogen and oxygen atoms in total. The summed E-state index contributed by atoms with van der Waals surface area (Å²) in [5, 5.41) is 0. The molecule has 3 heteroatoms. The minimum absolute atomic E-state index is 0.231. The van der Waals surface area contributed by atoms with E-state index >= 15 is 0 Å².